The van der Waals surface area contributed by atoms with E-state index in [0.29, 0.717) is 0 Å². The SMILES string of the molecule is CCOC(=O)c1ccc2c(c1)NC(=O)CS2(=O)=O. The van der Waals surface area contributed by atoms with Gasteiger partial charge < -0.3 is 10.1 Å². The molecule has 18 heavy (non-hydrogen) atoms. The van der Waals surface area contributed by atoms with Crippen LogP contribution in [0, 0.1) is 0 Å². The zero-order valence-electron chi connectivity index (χ0n) is 9.60. The molecule has 1 aliphatic heterocycles. The van der Waals surface area contributed by atoms with E-state index in [1.165, 1.54) is 18.2 Å². The number of rotatable bonds is 2. The Morgan fingerprint density at radius 1 is 1.44 bits per heavy atom. The molecule has 0 fully saturated rings. The molecular weight excluding hydrogens is 258 g/mol. The lowest BCUT2D eigenvalue weighted by Gasteiger charge is -2.17. The summed E-state index contributed by atoms with van der Waals surface area (Å²) < 4.78 is 28.2. The van der Waals surface area contributed by atoms with Crippen LogP contribution in [-0.2, 0) is 19.4 Å². The molecule has 0 aliphatic carbocycles. The molecule has 6 nitrogen and oxygen atoms in total. The average Bonchev–Trinajstić information content (AvgIpc) is 2.27. The fourth-order valence-corrected chi connectivity index (χ4v) is 2.97. The molecule has 0 unspecified atom stereocenters. The first-order valence-corrected chi connectivity index (χ1v) is 6.93. The highest BCUT2D eigenvalue weighted by molar-refractivity contribution is 7.92. The fourth-order valence-electron chi connectivity index (χ4n) is 1.68. The molecule has 1 heterocycles. The number of amides is 1. The Balaban J connectivity index is 2.47. The number of nitrogens with one attached hydrogen (secondary N) is 1. The van der Waals surface area contributed by atoms with E-state index in [-0.39, 0.29) is 22.8 Å². The molecule has 1 amide bonds. The number of hydrogen-bond donors (Lipinski definition) is 1. The number of benzene rings is 1. The molecule has 0 atom stereocenters. The van der Waals surface area contributed by atoms with Crippen molar-refractivity contribution in [3.63, 3.8) is 0 Å². The molecule has 0 aromatic heterocycles. The van der Waals surface area contributed by atoms with Crippen LogP contribution in [0.1, 0.15) is 17.3 Å². The van der Waals surface area contributed by atoms with E-state index in [9.17, 15) is 18.0 Å². The maximum Gasteiger partial charge on any atom is 0.338 e. The van der Waals surface area contributed by atoms with Gasteiger partial charge in [0.05, 0.1) is 22.8 Å². The van der Waals surface area contributed by atoms with Crippen molar-refractivity contribution in [2.45, 2.75) is 11.8 Å². The Labute approximate surface area is 104 Å². The minimum Gasteiger partial charge on any atom is -0.462 e. The lowest BCUT2D eigenvalue weighted by Crippen LogP contribution is -2.29. The van der Waals surface area contributed by atoms with Crippen molar-refractivity contribution in [3.8, 4) is 0 Å². The third-order valence-electron chi connectivity index (χ3n) is 2.42. The number of ether oxygens (including phenoxy) is 1. The third-order valence-corrected chi connectivity index (χ3v) is 4.09. The summed E-state index contributed by atoms with van der Waals surface area (Å²) in [6.07, 6.45) is 0. The van der Waals surface area contributed by atoms with E-state index >= 15 is 0 Å². The molecule has 1 aromatic rings. The summed E-state index contributed by atoms with van der Waals surface area (Å²) in [6.45, 7) is 1.89. The topological polar surface area (TPSA) is 89.5 Å². The van der Waals surface area contributed by atoms with Crippen LogP contribution in [0.3, 0.4) is 0 Å². The van der Waals surface area contributed by atoms with Crippen LogP contribution >= 0.6 is 0 Å². The second-order valence-corrected chi connectivity index (χ2v) is 5.70. The second-order valence-electron chi connectivity index (χ2n) is 3.74. The van der Waals surface area contributed by atoms with Crippen molar-refractivity contribution in [3.05, 3.63) is 23.8 Å². The van der Waals surface area contributed by atoms with E-state index < -0.39 is 27.5 Å². The summed E-state index contributed by atoms with van der Waals surface area (Å²) in [5.41, 5.74) is 0.324. The summed E-state index contributed by atoms with van der Waals surface area (Å²) in [4.78, 5) is 22.8. The van der Waals surface area contributed by atoms with Gasteiger partial charge in [0.15, 0.2) is 9.84 Å². The first-order valence-electron chi connectivity index (χ1n) is 5.28. The van der Waals surface area contributed by atoms with Crippen LogP contribution in [0.15, 0.2) is 23.1 Å². The highest BCUT2D eigenvalue weighted by Crippen LogP contribution is 2.27. The van der Waals surface area contributed by atoms with E-state index in [1.54, 1.807) is 6.92 Å². The van der Waals surface area contributed by atoms with Gasteiger partial charge in [-0.2, -0.15) is 0 Å². The highest BCUT2D eigenvalue weighted by Gasteiger charge is 2.29. The van der Waals surface area contributed by atoms with Gasteiger partial charge in [-0.3, -0.25) is 4.79 Å². The van der Waals surface area contributed by atoms with Gasteiger partial charge >= 0.3 is 5.97 Å². The normalized spacial score (nSPS) is 16.6. The van der Waals surface area contributed by atoms with Gasteiger partial charge in [-0.15, -0.1) is 0 Å². The Bertz CT molecular complexity index is 620. The standard InChI is InChI=1S/C11H11NO5S/c1-2-17-11(14)7-3-4-9-8(5-7)12-10(13)6-18(9,15)16/h3-5H,2,6H2,1H3,(H,12,13). The Hall–Kier alpha value is -1.89. The molecule has 2 rings (SSSR count). The Morgan fingerprint density at radius 2 is 2.17 bits per heavy atom. The average molecular weight is 269 g/mol. The highest BCUT2D eigenvalue weighted by atomic mass is 32.2. The molecule has 1 aromatic carbocycles. The van der Waals surface area contributed by atoms with Crippen molar-refractivity contribution < 1.29 is 22.7 Å². The monoisotopic (exact) mass is 269 g/mol. The van der Waals surface area contributed by atoms with Crippen LogP contribution in [0.5, 0.6) is 0 Å². The molecule has 0 saturated carbocycles. The van der Waals surface area contributed by atoms with Crippen LogP contribution in [0.4, 0.5) is 5.69 Å². The van der Waals surface area contributed by atoms with E-state index in [0.717, 1.165) is 0 Å². The lowest BCUT2D eigenvalue weighted by molar-refractivity contribution is -0.114. The van der Waals surface area contributed by atoms with Crippen LogP contribution in [-0.4, -0.2) is 32.7 Å². The number of esters is 1. The second kappa shape index (κ2) is 4.41. The smallest absolute Gasteiger partial charge is 0.338 e. The van der Waals surface area contributed by atoms with E-state index in [1.807, 2.05) is 0 Å². The lowest BCUT2D eigenvalue weighted by atomic mass is 10.2. The third kappa shape index (κ3) is 2.21. The minimum atomic E-state index is -3.61. The number of fused-ring (bicyclic) bond motifs is 1. The number of hydrogen-bond acceptors (Lipinski definition) is 5. The quantitative estimate of drug-likeness (QED) is 0.794. The van der Waals surface area contributed by atoms with Crippen molar-refractivity contribution in [1.29, 1.82) is 0 Å². The summed E-state index contributed by atoms with van der Waals surface area (Å²) in [5.74, 6) is -1.74. The van der Waals surface area contributed by atoms with Crippen LogP contribution < -0.4 is 5.32 Å². The molecule has 1 aliphatic rings. The summed E-state index contributed by atoms with van der Waals surface area (Å²) in [5, 5.41) is 2.43. The van der Waals surface area contributed by atoms with Crippen molar-refractivity contribution in [1.82, 2.24) is 0 Å². The fraction of sp³-hybridized carbons (Fsp3) is 0.273. The van der Waals surface area contributed by atoms with Gasteiger partial charge in [-0.1, -0.05) is 0 Å². The van der Waals surface area contributed by atoms with Gasteiger partial charge in [-0.05, 0) is 25.1 Å². The first kappa shape index (κ1) is 12.6. The molecule has 0 radical (unpaired) electrons. The molecule has 96 valence electrons. The summed E-state index contributed by atoms with van der Waals surface area (Å²) in [6, 6.07) is 3.98. The van der Waals surface area contributed by atoms with Gasteiger partial charge in [0.2, 0.25) is 5.91 Å². The van der Waals surface area contributed by atoms with Gasteiger partial charge in [0, 0.05) is 0 Å². The van der Waals surface area contributed by atoms with Gasteiger partial charge in [-0.25, -0.2) is 13.2 Å². The zero-order valence-corrected chi connectivity index (χ0v) is 10.4. The van der Waals surface area contributed by atoms with Crippen molar-refractivity contribution >= 4 is 27.4 Å². The molecule has 0 bridgehead atoms. The Kier molecular flexibility index (Phi) is 3.08. The number of anilines is 1. The van der Waals surface area contributed by atoms with Gasteiger partial charge in [0.25, 0.3) is 0 Å². The van der Waals surface area contributed by atoms with Crippen molar-refractivity contribution in [2.75, 3.05) is 17.7 Å². The van der Waals surface area contributed by atoms with Gasteiger partial charge in [0.1, 0.15) is 5.75 Å². The summed E-state index contributed by atoms with van der Waals surface area (Å²) >= 11 is 0. The van der Waals surface area contributed by atoms with Crippen LogP contribution in [0.2, 0.25) is 0 Å². The maximum atomic E-state index is 11.7. The number of carbonyl (C=O) groups is 2. The van der Waals surface area contributed by atoms with Crippen molar-refractivity contribution in [2.24, 2.45) is 0 Å². The molecule has 7 heteroatoms. The minimum absolute atomic E-state index is 0.0233. The largest absolute Gasteiger partial charge is 0.462 e. The summed E-state index contributed by atoms with van der Waals surface area (Å²) in [7, 11) is -3.61. The molecule has 0 spiro atoms. The molecular formula is C11H11NO5S. The number of sulfone groups is 1. The van der Waals surface area contributed by atoms with Crippen LogP contribution in [0.25, 0.3) is 0 Å². The van der Waals surface area contributed by atoms with E-state index in [2.05, 4.69) is 5.32 Å². The first-order chi connectivity index (χ1) is 8.44. The molecule has 1 N–H and O–H groups in total. The predicted octanol–water partition coefficient (Wildman–Crippen LogP) is 0.589. The zero-order chi connectivity index (χ0) is 13.3. The molecule has 0 saturated heterocycles. The predicted molar refractivity (Wildman–Crippen MR) is 63.1 cm³/mol. The maximum absolute atomic E-state index is 11.7. The Morgan fingerprint density at radius 3 is 2.83 bits per heavy atom. The number of carbonyl (C=O) groups excluding carboxylic acids is 2. The van der Waals surface area contributed by atoms with E-state index in [4.69, 9.17) is 4.74 Å².